The minimum absolute atomic E-state index is 0.101. The van der Waals surface area contributed by atoms with Gasteiger partial charge in [-0.05, 0) is 5.56 Å². The van der Waals surface area contributed by atoms with Crippen molar-refractivity contribution in [2.45, 2.75) is 19.4 Å². The summed E-state index contributed by atoms with van der Waals surface area (Å²) < 4.78 is 0. The molecule has 0 atom stereocenters. The van der Waals surface area contributed by atoms with Crippen LogP contribution in [0.5, 0.6) is 0 Å². The van der Waals surface area contributed by atoms with E-state index in [1.54, 1.807) is 4.90 Å². The molecule has 6 nitrogen and oxygen atoms in total. The highest BCUT2D eigenvalue weighted by molar-refractivity contribution is 6.04. The Balaban J connectivity index is 1.48. The van der Waals surface area contributed by atoms with E-state index in [2.05, 4.69) is 17.0 Å². The number of piperazine rings is 1. The lowest BCUT2D eigenvalue weighted by molar-refractivity contribution is -0.146. The van der Waals surface area contributed by atoms with Crippen LogP contribution in [0.2, 0.25) is 0 Å². The first-order chi connectivity index (χ1) is 11.1. The summed E-state index contributed by atoms with van der Waals surface area (Å²) in [5, 5.41) is 0. The average Bonchev–Trinajstić information content (AvgIpc) is 2.88. The smallest absolute Gasteiger partial charge is 0.242 e. The fourth-order valence-electron chi connectivity index (χ4n) is 3.03. The van der Waals surface area contributed by atoms with Gasteiger partial charge in [0.05, 0.1) is 0 Å². The first-order valence-corrected chi connectivity index (χ1v) is 8.01. The van der Waals surface area contributed by atoms with Gasteiger partial charge in [-0.25, -0.2) is 0 Å². The first kappa shape index (κ1) is 15.7. The summed E-state index contributed by atoms with van der Waals surface area (Å²) in [5.74, 6) is -0.593. The molecule has 6 heteroatoms. The molecule has 2 heterocycles. The van der Waals surface area contributed by atoms with Crippen LogP contribution in [0.1, 0.15) is 18.4 Å². The minimum Gasteiger partial charge on any atom is -0.339 e. The van der Waals surface area contributed by atoms with Crippen molar-refractivity contribution in [1.82, 2.24) is 14.7 Å². The summed E-state index contributed by atoms with van der Waals surface area (Å²) in [6.45, 7) is 3.68. The van der Waals surface area contributed by atoms with Gasteiger partial charge in [-0.2, -0.15) is 0 Å². The van der Waals surface area contributed by atoms with Gasteiger partial charge in [0.2, 0.25) is 17.7 Å². The number of hydrogen-bond donors (Lipinski definition) is 0. The molecule has 1 aromatic rings. The Kier molecular flexibility index (Phi) is 4.71. The number of amides is 3. The molecular formula is C17H21N3O3. The zero-order chi connectivity index (χ0) is 16.2. The number of imide groups is 1. The molecule has 0 saturated carbocycles. The van der Waals surface area contributed by atoms with Crippen LogP contribution in [0.25, 0.3) is 0 Å². The molecule has 23 heavy (non-hydrogen) atoms. The summed E-state index contributed by atoms with van der Waals surface area (Å²) in [5.41, 5.74) is 1.26. The summed E-state index contributed by atoms with van der Waals surface area (Å²) >= 11 is 0. The normalized spacial score (nSPS) is 19.5. The van der Waals surface area contributed by atoms with Gasteiger partial charge in [0, 0.05) is 45.6 Å². The molecule has 0 radical (unpaired) electrons. The standard InChI is InChI=1S/C17H21N3O3/c21-15-6-7-16(22)20(15)13-17(23)19-10-8-18(9-11-19)12-14-4-2-1-3-5-14/h1-5H,6-13H2. The summed E-state index contributed by atoms with van der Waals surface area (Å²) in [6, 6.07) is 10.3. The van der Waals surface area contributed by atoms with Crippen molar-refractivity contribution in [3.63, 3.8) is 0 Å². The van der Waals surface area contributed by atoms with Crippen molar-refractivity contribution in [3.8, 4) is 0 Å². The maximum Gasteiger partial charge on any atom is 0.242 e. The molecule has 2 aliphatic rings. The van der Waals surface area contributed by atoms with Gasteiger partial charge in [-0.1, -0.05) is 30.3 Å². The van der Waals surface area contributed by atoms with E-state index >= 15 is 0 Å². The van der Waals surface area contributed by atoms with E-state index in [-0.39, 0.29) is 37.1 Å². The fourth-order valence-corrected chi connectivity index (χ4v) is 3.03. The van der Waals surface area contributed by atoms with Crippen LogP contribution in [0, 0.1) is 0 Å². The maximum atomic E-state index is 12.3. The SMILES string of the molecule is O=C(CN1C(=O)CCC1=O)N1CCN(Cc2ccccc2)CC1. The number of carbonyl (C=O) groups is 3. The highest BCUT2D eigenvalue weighted by Crippen LogP contribution is 2.13. The molecule has 3 rings (SSSR count). The lowest BCUT2D eigenvalue weighted by Crippen LogP contribution is -2.51. The van der Waals surface area contributed by atoms with Crippen molar-refractivity contribution in [2.24, 2.45) is 0 Å². The van der Waals surface area contributed by atoms with Crippen LogP contribution < -0.4 is 0 Å². The molecule has 0 spiro atoms. The third kappa shape index (κ3) is 3.76. The van der Waals surface area contributed by atoms with Gasteiger partial charge in [0.15, 0.2) is 0 Å². The molecule has 0 bridgehead atoms. The van der Waals surface area contributed by atoms with Gasteiger partial charge < -0.3 is 4.90 Å². The quantitative estimate of drug-likeness (QED) is 0.758. The van der Waals surface area contributed by atoms with E-state index in [1.807, 2.05) is 18.2 Å². The largest absolute Gasteiger partial charge is 0.339 e. The Morgan fingerprint density at radius 1 is 0.913 bits per heavy atom. The molecule has 1 aromatic carbocycles. The number of carbonyl (C=O) groups excluding carboxylic acids is 3. The number of rotatable bonds is 4. The van der Waals surface area contributed by atoms with Crippen LogP contribution in [0.3, 0.4) is 0 Å². The Labute approximate surface area is 135 Å². The highest BCUT2D eigenvalue weighted by Gasteiger charge is 2.32. The molecule has 2 saturated heterocycles. The molecule has 3 amide bonds. The van der Waals surface area contributed by atoms with Crippen LogP contribution in [-0.2, 0) is 20.9 Å². The van der Waals surface area contributed by atoms with Crippen molar-refractivity contribution in [1.29, 1.82) is 0 Å². The third-order valence-electron chi connectivity index (χ3n) is 4.42. The molecular weight excluding hydrogens is 294 g/mol. The second-order valence-electron chi connectivity index (χ2n) is 6.02. The predicted molar refractivity (Wildman–Crippen MR) is 84.3 cm³/mol. The van der Waals surface area contributed by atoms with Crippen LogP contribution in [0.4, 0.5) is 0 Å². The van der Waals surface area contributed by atoms with E-state index in [0.717, 1.165) is 24.5 Å². The molecule has 0 aromatic heterocycles. The van der Waals surface area contributed by atoms with E-state index in [1.165, 1.54) is 5.56 Å². The summed E-state index contributed by atoms with van der Waals surface area (Å²) in [6.07, 6.45) is 0.466. The van der Waals surface area contributed by atoms with Gasteiger partial charge >= 0.3 is 0 Å². The topological polar surface area (TPSA) is 60.9 Å². The summed E-state index contributed by atoms with van der Waals surface area (Å²) in [4.78, 5) is 40.6. The number of hydrogen-bond acceptors (Lipinski definition) is 4. The van der Waals surface area contributed by atoms with E-state index < -0.39 is 0 Å². The number of likely N-dealkylation sites (tertiary alicyclic amines) is 1. The number of benzene rings is 1. The van der Waals surface area contributed by atoms with Crippen molar-refractivity contribution in [2.75, 3.05) is 32.7 Å². The fraction of sp³-hybridized carbons (Fsp3) is 0.471. The molecule has 0 N–H and O–H groups in total. The van der Waals surface area contributed by atoms with Crippen molar-refractivity contribution < 1.29 is 14.4 Å². The molecule has 0 aliphatic carbocycles. The van der Waals surface area contributed by atoms with Crippen molar-refractivity contribution in [3.05, 3.63) is 35.9 Å². The van der Waals surface area contributed by atoms with Gasteiger partial charge in [-0.15, -0.1) is 0 Å². The zero-order valence-corrected chi connectivity index (χ0v) is 13.1. The minimum atomic E-state index is -0.230. The van der Waals surface area contributed by atoms with Crippen LogP contribution >= 0.6 is 0 Å². The lowest BCUT2D eigenvalue weighted by Gasteiger charge is -2.35. The summed E-state index contributed by atoms with van der Waals surface area (Å²) in [7, 11) is 0. The van der Waals surface area contributed by atoms with Crippen LogP contribution in [0.15, 0.2) is 30.3 Å². The first-order valence-electron chi connectivity index (χ1n) is 8.01. The Bertz CT molecular complexity index is 578. The van der Waals surface area contributed by atoms with Gasteiger partial charge in [-0.3, -0.25) is 24.2 Å². The van der Waals surface area contributed by atoms with Crippen molar-refractivity contribution >= 4 is 17.7 Å². The lowest BCUT2D eigenvalue weighted by atomic mass is 10.2. The van der Waals surface area contributed by atoms with Gasteiger partial charge in [0.25, 0.3) is 0 Å². The maximum absolute atomic E-state index is 12.3. The zero-order valence-electron chi connectivity index (χ0n) is 13.1. The van der Waals surface area contributed by atoms with Crippen LogP contribution in [-0.4, -0.2) is 65.1 Å². The predicted octanol–water partition coefficient (Wildman–Crippen LogP) is 0.480. The molecule has 2 aliphatic heterocycles. The molecule has 2 fully saturated rings. The van der Waals surface area contributed by atoms with Gasteiger partial charge in [0.1, 0.15) is 6.54 Å². The molecule has 0 unspecified atom stereocenters. The molecule has 122 valence electrons. The highest BCUT2D eigenvalue weighted by atomic mass is 16.2. The second kappa shape index (κ2) is 6.91. The number of nitrogens with zero attached hydrogens (tertiary/aromatic N) is 3. The Morgan fingerprint density at radius 3 is 2.13 bits per heavy atom. The second-order valence-corrected chi connectivity index (χ2v) is 6.02. The Morgan fingerprint density at radius 2 is 1.52 bits per heavy atom. The average molecular weight is 315 g/mol. The Hall–Kier alpha value is -2.21. The van der Waals surface area contributed by atoms with E-state index in [0.29, 0.717) is 13.1 Å². The van der Waals surface area contributed by atoms with E-state index in [4.69, 9.17) is 0 Å². The third-order valence-corrected chi connectivity index (χ3v) is 4.42. The van der Waals surface area contributed by atoms with E-state index in [9.17, 15) is 14.4 Å². The monoisotopic (exact) mass is 315 g/mol.